The van der Waals surface area contributed by atoms with E-state index in [-0.39, 0.29) is 7.43 Å². The van der Waals surface area contributed by atoms with Gasteiger partial charge in [-0.25, -0.2) is 0 Å². The molecule has 23 heavy (non-hydrogen) atoms. The summed E-state index contributed by atoms with van der Waals surface area (Å²) in [7, 11) is 0. The van der Waals surface area contributed by atoms with Gasteiger partial charge in [0.05, 0.1) is 16.6 Å². The van der Waals surface area contributed by atoms with Crippen molar-refractivity contribution in [2.75, 3.05) is 0 Å². The van der Waals surface area contributed by atoms with Crippen molar-refractivity contribution in [3.63, 3.8) is 0 Å². The Hall–Kier alpha value is -2.54. The van der Waals surface area contributed by atoms with Gasteiger partial charge in [-0.1, -0.05) is 82.3 Å². The van der Waals surface area contributed by atoms with Crippen LogP contribution in [0.5, 0.6) is 0 Å². The van der Waals surface area contributed by atoms with Gasteiger partial charge in [-0.2, -0.15) is 0 Å². The first-order valence-corrected chi connectivity index (χ1v) is 7.98. The molecule has 116 valence electrons. The molecule has 0 aliphatic carbocycles. The average molecular weight is 301 g/mol. The number of benzene rings is 3. The predicted octanol–water partition coefficient (Wildman–Crippen LogP) is 6.89. The minimum atomic E-state index is 0. The fourth-order valence-corrected chi connectivity index (χ4v) is 3.38. The summed E-state index contributed by atoms with van der Waals surface area (Å²) in [5.74, 6) is 0. The number of hydrogen-bond donors (Lipinski definition) is 0. The first-order chi connectivity index (χ1) is 10.9. The zero-order valence-electron chi connectivity index (χ0n) is 13.0. The van der Waals surface area contributed by atoms with Crippen LogP contribution in [-0.2, 0) is 0 Å². The van der Waals surface area contributed by atoms with E-state index in [9.17, 15) is 0 Å². The Morgan fingerprint density at radius 3 is 1.48 bits per heavy atom. The first kappa shape index (κ1) is 15.4. The number of hydrogen-bond acceptors (Lipinski definition) is 0. The molecule has 0 bridgehead atoms. The Labute approximate surface area is 137 Å². The number of para-hydroxylation sites is 3. The molecule has 0 aliphatic rings. The maximum absolute atomic E-state index is 2.40. The zero-order valence-corrected chi connectivity index (χ0v) is 13.0. The van der Waals surface area contributed by atoms with E-state index in [1.807, 2.05) is 0 Å². The van der Waals surface area contributed by atoms with Crippen molar-refractivity contribution >= 4 is 38.1 Å². The molecule has 0 amide bonds. The van der Waals surface area contributed by atoms with Crippen LogP contribution >= 0.6 is 0 Å². The molecule has 0 radical (unpaired) electrons. The number of fused-ring (bicyclic) bond motifs is 6. The summed E-state index contributed by atoms with van der Waals surface area (Å²) in [4.78, 5) is 0. The lowest BCUT2D eigenvalue weighted by Crippen LogP contribution is -1.78. The molecule has 5 aromatic rings. The van der Waals surface area contributed by atoms with Crippen LogP contribution < -0.4 is 0 Å². The smallest absolute Gasteiger partial charge is 0.0620 e. The Balaban J connectivity index is 0.000000366. The van der Waals surface area contributed by atoms with Gasteiger partial charge in [0.2, 0.25) is 0 Å². The summed E-state index contributed by atoms with van der Waals surface area (Å²) in [5, 5.41) is 5.39. The molecule has 0 fully saturated rings. The molecule has 1 heteroatoms. The van der Waals surface area contributed by atoms with E-state index in [1.54, 1.807) is 0 Å². The quantitative estimate of drug-likeness (QED) is 0.293. The monoisotopic (exact) mass is 301 g/mol. The van der Waals surface area contributed by atoms with Crippen LogP contribution in [0.3, 0.4) is 0 Å². The number of rotatable bonds is 0. The highest BCUT2D eigenvalue weighted by molar-refractivity contribution is 6.23. The number of nitrogens with zero attached hydrogens (tertiary/aromatic N) is 1. The summed E-state index contributed by atoms with van der Waals surface area (Å²) in [6, 6.07) is 23.9. The van der Waals surface area contributed by atoms with Gasteiger partial charge in [-0.3, -0.25) is 0 Å². The van der Waals surface area contributed by atoms with Gasteiger partial charge in [0.15, 0.2) is 0 Å². The van der Waals surface area contributed by atoms with Crippen LogP contribution in [0.2, 0.25) is 0 Å². The lowest BCUT2D eigenvalue weighted by atomic mass is 10.1. The summed E-state index contributed by atoms with van der Waals surface area (Å²) < 4.78 is 2.40. The van der Waals surface area contributed by atoms with Crippen LogP contribution in [0.15, 0.2) is 66.7 Å². The molecule has 0 N–H and O–H groups in total. The highest BCUT2D eigenvalue weighted by Gasteiger charge is 2.15. The predicted molar refractivity (Wildman–Crippen MR) is 104 cm³/mol. The Bertz CT molecular complexity index is 989. The van der Waals surface area contributed by atoms with Crippen LogP contribution in [0, 0.1) is 0 Å². The molecule has 1 nitrogen and oxygen atoms in total. The Morgan fingerprint density at radius 2 is 1.00 bits per heavy atom. The van der Waals surface area contributed by atoms with E-state index >= 15 is 0 Å². The fourth-order valence-electron chi connectivity index (χ4n) is 3.38. The molecule has 0 aliphatic heterocycles. The van der Waals surface area contributed by atoms with Crippen molar-refractivity contribution in [1.29, 1.82) is 0 Å². The Kier molecular flexibility index (Phi) is 3.96. The standard InChI is InChI=1S/C18H11N.C3H8.CH4/c1-3-10-16-12(6-1)14-8-5-9-15-13-7-2-4-11-17(13)19(16)18(14)15;1-3-2;/h1-11H;3H2,1-2H3;1H4. The lowest BCUT2D eigenvalue weighted by Gasteiger charge is -1.95. The molecule has 0 atom stereocenters. The lowest BCUT2D eigenvalue weighted by molar-refractivity contribution is 1.09. The van der Waals surface area contributed by atoms with Crippen molar-refractivity contribution in [3.05, 3.63) is 66.7 Å². The SMILES string of the molecule is C.CCC.c1ccc2c(c1)c1cccc3c4ccccc4n2c13. The highest BCUT2D eigenvalue weighted by atomic mass is 14.9. The van der Waals surface area contributed by atoms with Crippen molar-refractivity contribution in [2.45, 2.75) is 27.7 Å². The van der Waals surface area contributed by atoms with Gasteiger partial charge in [-0.05, 0) is 12.1 Å². The topological polar surface area (TPSA) is 4.41 Å². The van der Waals surface area contributed by atoms with Gasteiger partial charge in [0, 0.05) is 21.5 Å². The van der Waals surface area contributed by atoms with Crippen LogP contribution in [0.4, 0.5) is 0 Å². The van der Waals surface area contributed by atoms with E-state index < -0.39 is 0 Å². The Morgan fingerprint density at radius 1 is 0.609 bits per heavy atom. The van der Waals surface area contributed by atoms with E-state index in [1.165, 1.54) is 44.5 Å². The molecular formula is C22H23N. The molecule has 0 spiro atoms. The van der Waals surface area contributed by atoms with Crippen molar-refractivity contribution < 1.29 is 0 Å². The minimum Gasteiger partial charge on any atom is -0.308 e. The van der Waals surface area contributed by atoms with Crippen LogP contribution in [0.25, 0.3) is 38.1 Å². The third kappa shape index (κ3) is 2.08. The van der Waals surface area contributed by atoms with E-state index in [0.29, 0.717) is 0 Å². The summed E-state index contributed by atoms with van der Waals surface area (Å²) in [6.45, 7) is 4.25. The molecule has 2 heterocycles. The molecule has 2 aromatic heterocycles. The largest absolute Gasteiger partial charge is 0.308 e. The van der Waals surface area contributed by atoms with Crippen molar-refractivity contribution in [2.24, 2.45) is 0 Å². The molecule has 0 unspecified atom stereocenters. The van der Waals surface area contributed by atoms with E-state index in [0.717, 1.165) is 0 Å². The second-order valence-electron chi connectivity index (χ2n) is 5.78. The maximum Gasteiger partial charge on any atom is 0.0620 e. The van der Waals surface area contributed by atoms with E-state index in [2.05, 4.69) is 85.0 Å². The molecule has 0 saturated carbocycles. The summed E-state index contributed by atoms with van der Waals surface area (Å²) in [6.07, 6.45) is 1.25. The third-order valence-corrected chi connectivity index (χ3v) is 4.13. The van der Waals surface area contributed by atoms with Gasteiger partial charge in [0.25, 0.3) is 0 Å². The van der Waals surface area contributed by atoms with Crippen molar-refractivity contribution in [1.82, 2.24) is 4.40 Å². The zero-order chi connectivity index (χ0) is 15.1. The molecular weight excluding hydrogens is 278 g/mol. The average Bonchev–Trinajstić information content (AvgIpc) is 3.07. The fraction of sp³-hybridized carbons (Fsp3) is 0.182. The summed E-state index contributed by atoms with van der Waals surface area (Å²) in [5.41, 5.74) is 3.95. The molecule has 3 aromatic carbocycles. The second kappa shape index (κ2) is 5.92. The minimum absolute atomic E-state index is 0. The van der Waals surface area contributed by atoms with Crippen molar-refractivity contribution in [3.8, 4) is 0 Å². The van der Waals surface area contributed by atoms with Gasteiger partial charge >= 0.3 is 0 Å². The first-order valence-electron chi connectivity index (χ1n) is 7.98. The van der Waals surface area contributed by atoms with Gasteiger partial charge in [-0.15, -0.1) is 0 Å². The van der Waals surface area contributed by atoms with Gasteiger partial charge in [0.1, 0.15) is 0 Å². The number of aromatic nitrogens is 1. The molecule has 5 rings (SSSR count). The highest BCUT2D eigenvalue weighted by Crippen LogP contribution is 2.38. The normalized spacial score (nSPS) is 10.9. The maximum atomic E-state index is 2.40. The third-order valence-electron chi connectivity index (χ3n) is 4.13. The van der Waals surface area contributed by atoms with E-state index in [4.69, 9.17) is 0 Å². The van der Waals surface area contributed by atoms with Crippen LogP contribution in [-0.4, -0.2) is 4.40 Å². The summed E-state index contributed by atoms with van der Waals surface area (Å²) >= 11 is 0. The molecule has 0 saturated heterocycles. The second-order valence-corrected chi connectivity index (χ2v) is 5.78. The van der Waals surface area contributed by atoms with Crippen LogP contribution in [0.1, 0.15) is 27.7 Å². The van der Waals surface area contributed by atoms with Gasteiger partial charge < -0.3 is 4.40 Å².